The lowest BCUT2D eigenvalue weighted by Crippen LogP contribution is -2.61. The number of carbonyl (C=O) groups excluding carboxylic acids is 3. The molecule has 13 heteroatoms. The molecule has 0 aliphatic heterocycles. The number of ketones is 2. The Morgan fingerprint density at radius 3 is 2.41 bits per heavy atom. The molecule has 1 fully saturated rings. The molecule has 3 aliphatic rings. The van der Waals surface area contributed by atoms with Crippen LogP contribution in [-0.2, 0) is 16.0 Å². The minimum atomic E-state index is -4.53. The molecule has 0 saturated heterocycles. The predicted octanol–water partition coefficient (Wildman–Crippen LogP) is 1.37. The second-order valence-corrected chi connectivity index (χ2v) is 10.7. The summed E-state index contributed by atoms with van der Waals surface area (Å²) in [6, 6.07) is 1.47. The largest absolute Gasteiger partial charge is 0.510 e. The van der Waals surface area contributed by atoms with E-state index in [9.17, 15) is 48.0 Å². The number of benzene rings is 1. The molecular formula is C26H30F3N3O7. The van der Waals surface area contributed by atoms with E-state index in [0.29, 0.717) is 0 Å². The number of amides is 1. The number of rotatable bonds is 6. The highest BCUT2D eigenvalue weighted by Gasteiger charge is 2.60. The lowest BCUT2D eigenvalue weighted by atomic mass is 9.55. The first-order chi connectivity index (χ1) is 18.0. The van der Waals surface area contributed by atoms with Crippen LogP contribution in [0.2, 0.25) is 0 Å². The number of aromatic hydroxyl groups is 1. The fourth-order valence-corrected chi connectivity index (χ4v) is 6.56. The van der Waals surface area contributed by atoms with Crippen molar-refractivity contribution in [1.29, 1.82) is 0 Å². The SMILES string of the molecule is CN(C)[C@@H]1C(O)=C(C(N)=O)C(C)(O)C2C(=O)C3=C(O)c4c(O)ccc(C(=O)CNCC(F)(F)F)c4CC3CC21. The molecule has 5 atom stereocenters. The third kappa shape index (κ3) is 4.68. The maximum atomic E-state index is 13.9. The molecule has 0 aromatic heterocycles. The van der Waals surface area contributed by atoms with Gasteiger partial charge in [-0.25, -0.2) is 0 Å². The molecule has 4 unspecified atom stereocenters. The maximum absolute atomic E-state index is 13.9. The van der Waals surface area contributed by atoms with Crippen LogP contribution < -0.4 is 11.1 Å². The second kappa shape index (κ2) is 9.65. The molecule has 3 aliphatic carbocycles. The van der Waals surface area contributed by atoms with Crippen molar-refractivity contribution in [3.63, 3.8) is 0 Å². The fraction of sp³-hybridized carbons (Fsp3) is 0.500. The fourth-order valence-electron chi connectivity index (χ4n) is 6.56. The Labute approximate surface area is 221 Å². The molecule has 10 nitrogen and oxygen atoms in total. The number of aliphatic hydroxyl groups is 3. The highest BCUT2D eigenvalue weighted by atomic mass is 19.4. The number of halogens is 3. The van der Waals surface area contributed by atoms with Crippen LogP contribution in [0.5, 0.6) is 5.75 Å². The second-order valence-electron chi connectivity index (χ2n) is 10.7. The monoisotopic (exact) mass is 553 g/mol. The number of primary amides is 1. The van der Waals surface area contributed by atoms with E-state index in [4.69, 9.17) is 5.73 Å². The minimum absolute atomic E-state index is 0.0174. The van der Waals surface area contributed by atoms with Crippen molar-refractivity contribution in [2.24, 2.45) is 23.5 Å². The van der Waals surface area contributed by atoms with Crippen LogP contribution in [0.1, 0.15) is 34.8 Å². The zero-order chi connectivity index (χ0) is 29.2. The van der Waals surface area contributed by atoms with Gasteiger partial charge in [-0.1, -0.05) is 0 Å². The highest BCUT2D eigenvalue weighted by molar-refractivity contribution is 6.09. The number of allylic oxidation sites excluding steroid dienone is 1. The normalized spacial score (nSPS) is 28.8. The molecule has 1 saturated carbocycles. The first-order valence-electron chi connectivity index (χ1n) is 12.2. The van der Waals surface area contributed by atoms with E-state index in [1.54, 1.807) is 19.0 Å². The first kappa shape index (κ1) is 28.6. The summed E-state index contributed by atoms with van der Waals surface area (Å²) in [5, 5.41) is 46.2. The number of phenols is 1. The Morgan fingerprint density at radius 1 is 1.21 bits per heavy atom. The van der Waals surface area contributed by atoms with Crippen LogP contribution in [0, 0.1) is 17.8 Å². The third-order valence-electron chi connectivity index (χ3n) is 7.94. The quantitative estimate of drug-likeness (QED) is 0.284. The first-order valence-corrected chi connectivity index (χ1v) is 12.2. The van der Waals surface area contributed by atoms with Crippen molar-refractivity contribution < 1.29 is 48.0 Å². The molecule has 4 rings (SSSR count). The van der Waals surface area contributed by atoms with Crippen molar-refractivity contribution in [2.45, 2.75) is 37.6 Å². The van der Waals surface area contributed by atoms with Gasteiger partial charge in [-0.15, -0.1) is 0 Å². The van der Waals surface area contributed by atoms with Crippen LogP contribution >= 0.6 is 0 Å². The molecule has 0 bridgehead atoms. The number of fused-ring (bicyclic) bond motifs is 3. The molecule has 1 aromatic carbocycles. The van der Waals surface area contributed by atoms with Gasteiger partial charge >= 0.3 is 6.18 Å². The number of hydrogen-bond donors (Lipinski definition) is 6. The van der Waals surface area contributed by atoms with Gasteiger partial charge in [0.05, 0.1) is 36.2 Å². The number of Topliss-reactive ketones (excluding diaryl/α,β-unsaturated/α-hetero) is 2. The molecule has 1 amide bonds. The van der Waals surface area contributed by atoms with E-state index in [-0.39, 0.29) is 35.1 Å². The van der Waals surface area contributed by atoms with Crippen LogP contribution in [0.3, 0.4) is 0 Å². The van der Waals surface area contributed by atoms with Crippen molar-refractivity contribution in [3.8, 4) is 5.75 Å². The molecule has 0 heterocycles. The van der Waals surface area contributed by atoms with Gasteiger partial charge in [-0.05, 0) is 63.4 Å². The Bertz CT molecular complexity index is 1320. The topological polar surface area (TPSA) is 173 Å². The number of likely N-dealkylation sites (N-methyl/N-ethyl adjacent to an activating group) is 1. The Kier molecular flexibility index (Phi) is 7.07. The van der Waals surface area contributed by atoms with E-state index in [1.165, 1.54) is 13.0 Å². The Balaban J connectivity index is 1.81. The van der Waals surface area contributed by atoms with Gasteiger partial charge in [0, 0.05) is 11.1 Å². The molecule has 1 aromatic rings. The van der Waals surface area contributed by atoms with Crippen molar-refractivity contribution in [3.05, 3.63) is 45.7 Å². The number of nitrogens with one attached hydrogen (secondary N) is 1. The summed E-state index contributed by atoms with van der Waals surface area (Å²) >= 11 is 0. The number of alkyl halides is 3. The van der Waals surface area contributed by atoms with E-state index in [0.717, 1.165) is 6.07 Å². The van der Waals surface area contributed by atoms with E-state index in [2.05, 4.69) is 0 Å². The van der Waals surface area contributed by atoms with E-state index >= 15 is 0 Å². The lowest BCUT2D eigenvalue weighted by molar-refractivity contribution is -0.139. The Morgan fingerprint density at radius 2 is 1.85 bits per heavy atom. The smallest absolute Gasteiger partial charge is 0.401 e. The third-order valence-corrected chi connectivity index (χ3v) is 7.94. The van der Waals surface area contributed by atoms with Crippen molar-refractivity contribution in [1.82, 2.24) is 10.2 Å². The summed E-state index contributed by atoms with van der Waals surface area (Å²) in [6.07, 6.45) is -4.42. The van der Waals surface area contributed by atoms with E-state index in [1.807, 2.05) is 5.32 Å². The lowest BCUT2D eigenvalue weighted by Gasteiger charge is -2.52. The number of nitrogens with zero attached hydrogens (tertiary/aromatic N) is 1. The van der Waals surface area contributed by atoms with Gasteiger partial charge in [0.1, 0.15) is 22.9 Å². The van der Waals surface area contributed by atoms with Gasteiger partial charge < -0.3 is 31.5 Å². The molecule has 0 radical (unpaired) electrons. The molecular weight excluding hydrogens is 523 g/mol. The van der Waals surface area contributed by atoms with Crippen LogP contribution in [0.4, 0.5) is 13.2 Å². The number of carbonyl (C=O) groups is 3. The molecule has 7 N–H and O–H groups in total. The van der Waals surface area contributed by atoms with Gasteiger partial charge in [0.2, 0.25) is 0 Å². The van der Waals surface area contributed by atoms with Crippen molar-refractivity contribution >= 4 is 23.2 Å². The molecule has 0 spiro atoms. The maximum Gasteiger partial charge on any atom is 0.401 e. The number of aliphatic hydroxyl groups excluding tert-OH is 2. The number of hydrogen-bond acceptors (Lipinski definition) is 9. The number of phenolic OH excluding ortho intramolecular Hbond substituents is 1. The van der Waals surface area contributed by atoms with E-state index < -0.39 is 89.0 Å². The highest BCUT2D eigenvalue weighted by Crippen LogP contribution is 2.54. The van der Waals surface area contributed by atoms with Crippen LogP contribution in [-0.4, -0.2) is 87.8 Å². The van der Waals surface area contributed by atoms with Gasteiger partial charge in [-0.3, -0.25) is 19.3 Å². The van der Waals surface area contributed by atoms with Gasteiger partial charge in [-0.2, -0.15) is 13.2 Å². The summed E-state index contributed by atoms with van der Waals surface area (Å²) < 4.78 is 37.6. The van der Waals surface area contributed by atoms with Crippen LogP contribution in [0.15, 0.2) is 29.0 Å². The van der Waals surface area contributed by atoms with Crippen molar-refractivity contribution in [2.75, 3.05) is 27.2 Å². The van der Waals surface area contributed by atoms with Crippen LogP contribution in [0.25, 0.3) is 5.76 Å². The Hall–Kier alpha value is -3.42. The van der Waals surface area contributed by atoms with Gasteiger partial charge in [0.15, 0.2) is 11.6 Å². The zero-order valence-electron chi connectivity index (χ0n) is 21.5. The minimum Gasteiger partial charge on any atom is -0.510 e. The predicted molar refractivity (Wildman–Crippen MR) is 132 cm³/mol. The summed E-state index contributed by atoms with van der Waals surface area (Å²) in [5.74, 6) is -6.78. The number of nitrogens with two attached hydrogens (primary N) is 1. The summed E-state index contributed by atoms with van der Waals surface area (Å²) in [6.45, 7) is -0.838. The summed E-state index contributed by atoms with van der Waals surface area (Å²) in [7, 11) is 3.23. The average molecular weight is 554 g/mol. The molecule has 212 valence electrons. The summed E-state index contributed by atoms with van der Waals surface area (Å²) in [5.41, 5.74) is 2.64. The van der Waals surface area contributed by atoms with Gasteiger partial charge in [0.25, 0.3) is 5.91 Å². The average Bonchev–Trinajstić information content (AvgIpc) is 2.76. The standard InChI is InChI=1S/C26H30F3N3O7/c1-25(39)18-13(20(32(2)3)23(37)19(25)24(30)38)7-10-6-12-11(15(34)8-31-9-26(27,28)29)4-5-14(33)17(12)21(35)16(10)22(18)36/h4-5,10,13,18,20,31,33,35,37,39H,6-9H2,1-3H3,(H2,30,38)/t10?,13?,18?,20-,25?/m0/s1. The zero-order valence-corrected chi connectivity index (χ0v) is 21.5. The molecule has 39 heavy (non-hydrogen) atoms. The summed E-state index contributed by atoms with van der Waals surface area (Å²) in [4.78, 5) is 40.6.